The van der Waals surface area contributed by atoms with Crippen molar-refractivity contribution >= 4 is 34.3 Å². The number of hydrogen-bond donors (Lipinski definition) is 5. The summed E-state index contributed by atoms with van der Waals surface area (Å²) >= 11 is 6.37. The molecule has 1 saturated carbocycles. The van der Waals surface area contributed by atoms with Gasteiger partial charge in [0.25, 0.3) is 0 Å². The number of aliphatic hydroxyl groups excluding tert-OH is 3. The third-order valence-corrected chi connectivity index (χ3v) is 6.01. The van der Waals surface area contributed by atoms with E-state index in [1.54, 1.807) is 12.3 Å². The lowest BCUT2D eigenvalue weighted by molar-refractivity contribution is -0.115. The average molecular weight is 502 g/mol. The predicted octanol–water partition coefficient (Wildman–Crippen LogP) is 2.99. The molecule has 3 heterocycles. The van der Waals surface area contributed by atoms with E-state index in [1.807, 2.05) is 13.0 Å². The third-order valence-electron chi connectivity index (χ3n) is 5.74. The maximum absolute atomic E-state index is 12.7. The molecule has 0 amide bonds. The summed E-state index contributed by atoms with van der Waals surface area (Å²) in [6, 6.07) is 2.77. The van der Waals surface area contributed by atoms with Crippen molar-refractivity contribution in [1.29, 1.82) is 0 Å². The summed E-state index contributed by atoms with van der Waals surface area (Å²) in [7, 11) is 0. The molecule has 0 spiro atoms. The molecule has 0 radical (unpaired) electrons. The van der Waals surface area contributed by atoms with Crippen LogP contribution in [0.5, 0.6) is 0 Å². The minimum absolute atomic E-state index is 0.00208. The Kier molecular flexibility index (Phi) is 6.85. The number of nitrogens with one attached hydrogen (secondary N) is 2. The molecular weight excluding hydrogens is 479 g/mol. The van der Waals surface area contributed by atoms with Gasteiger partial charge in [0.2, 0.25) is 5.95 Å². The second-order valence-electron chi connectivity index (χ2n) is 8.12. The molecule has 4 atom stereocenters. The molecule has 4 unspecified atom stereocenters. The first-order valence-corrected chi connectivity index (χ1v) is 11.0. The number of furan rings is 1. The maximum Gasteiger partial charge on any atom is 0.405 e. The van der Waals surface area contributed by atoms with Gasteiger partial charge in [-0.3, -0.25) is 4.98 Å². The number of nitrogens with zero attached hydrogens (tertiary/aromatic N) is 3. The molecule has 9 nitrogen and oxygen atoms in total. The van der Waals surface area contributed by atoms with Crippen molar-refractivity contribution in [3.8, 4) is 11.3 Å². The number of anilines is 2. The first-order chi connectivity index (χ1) is 16.1. The van der Waals surface area contributed by atoms with E-state index in [0.717, 1.165) is 11.1 Å². The van der Waals surface area contributed by atoms with Crippen LogP contribution < -0.4 is 10.6 Å². The van der Waals surface area contributed by atoms with E-state index in [1.165, 1.54) is 0 Å². The van der Waals surface area contributed by atoms with Gasteiger partial charge in [0, 0.05) is 23.6 Å². The smallest absolute Gasteiger partial charge is 0.405 e. The van der Waals surface area contributed by atoms with Gasteiger partial charge in [-0.25, -0.2) is 4.98 Å². The van der Waals surface area contributed by atoms with Crippen LogP contribution in [-0.2, 0) is 6.42 Å². The zero-order chi connectivity index (χ0) is 24.6. The van der Waals surface area contributed by atoms with Crippen LogP contribution in [0.15, 0.2) is 22.7 Å². The average Bonchev–Trinajstić information content (AvgIpc) is 3.32. The molecule has 13 heteroatoms. The van der Waals surface area contributed by atoms with Crippen molar-refractivity contribution in [2.45, 2.75) is 44.2 Å². The lowest BCUT2D eigenvalue weighted by atomic mass is 10.1. The Morgan fingerprint density at radius 1 is 1.21 bits per heavy atom. The molecule has 1 aliphatic carbocycles. The van der Waals surface area contributed by atoms with Gasteiger partial charge in [0.05, 0.1) is 23.9 Å². The van der Waals surface area contributed by atoms with E-state index >= 15 is 0 Å². The summed E-state index contributed by atoms with van der Waals surface area (Å²) in [4.78, 5) is 12.4. The molecule has 1 aliphatic rings. The van der Waals surface area contributed by atoms with E-state index in [-0.39, 0.29) is 41.3 Å². The van der Waals surface area contributed by atoms with E-state index in [2.05, 4.69) is 25.6 Å². The maximum atomic E-state index is 12.7. The second kappa shape index (κ2) is 9.53. The van der Waals surface area contributed by atoms with E-state index in [4.69, 9.17) is 16.0 Å². The number of fused-ring (bicyclic) bond motifs is 1. The van der Waals surface area contributed by atoms with Crippen molar-refractivity contribution in [3.63, 3.8) is 0 Å². The number of halogens is 4. The highest BCUT2D eigenvalue weighted by molar-refractivity contribution is 6.32. The lowest BCUT2D eigenvalue weighted by Gasteiger charge is -2.21. The van der Waals surface area contributed by atoms with Crippen LogP contribution in [0.3, 0.4) is 0 Å². The minimum Gasteiger partial charge on any atom is -0.454 e. The summed E-state index contributed by atoms with van der Waals surface area (Å²) in [5, 5.41) is 35.6. The zero-order valence-electron chi connectivity index (χ0n) is 18.0. The lowest BCUT2D eigenvalue weighted by Crippen LogP contribution is -2.35. The van der Waals surface area contributed by atoms with Gasteiger partial charge in [0.1, 0.15) is 29.4 Å². The number of pyridine rings is 1. The third kappa shape index (κ3) is 5.04. The first-order valence-electron chi connectivity index (χ1n) is 10.6. The van der Waals surface area contributed by atoms with Crippen LogP contribution in [0.25, 0.3) is 22.3 Å². The molecule has 3 aromatic heterocycles. The SMILES string of the molecule is CCc1cc2cc(-c3c(Cl)nc(NCC(F)(F)F)nc3NC3CC(CO)C(O)C3O)oc2cn1. The molecule has 34 heavy (non-hydrogen) atoms. The molecule has 4 rings (SSSR count). The van der Waals surface area contributed by atoms with Crippen molar-refractivity contribution in [3.05, 3.63) is 29.2 Å². The Balaban J connectivity index is 1.75. The molecular formula is C21H23ClF3N5O4. The Labute approximate surface area is 197 Å². The van der Waals surface area contributed by atoms with Crippen LogP contribution in [-0.4, -0.2) is 67.8 Å². The predicted molar refractivity (Wildman–Crippen MR) is 119 cm³/mol. The highest BCUT2D eigenvalue weighted by Gasteiger charge is 2.41. The molecule has 3 aromatic rings. The molecule has 0 aromatic carbocycles. The minimum atomic E-state index is -4.51. The number of alkyl halides is 3. The van der Waals surface area contributed by atoms with Gasteiger partial charge in [-0.05, 0) is 25.0 Å². The quantitative estimate of drug-likeness (QED) is 0.309. The molecule has 184 valence electrons. The van der Waals surface area contributed by atoms with E-state index in [9.17, 15) is 28.5 Å². The van der Waals surface area contributed by atoms with Crippen molar-refractivity contribution in [1.82, 2.24) is 15.0 Å². The van der Waals surface area contributed by atoms with Crippen molar-refractivity contribution in [2.24, 2.45) is 5.92 Å². The molecule has 0 saturated heterocycles. The van der Waals surface area contributed by atoms with E-state index in [0.29, 0.717) is 12.0 Å². The largest absolute Gasteiger partial charge is 0.454 e. The van der Waals surface area contributed by atoms with Gasteiger partial charge in [-0.1, -0.05) is 18.5 Å². The van der Waals surface area contributed by atoms with Crippen molar-refractivity contribution in [2.75, 3.05) is 23.8 Å². The van der Waals surface area contributed by atoms with Crippen LogP contribution in [0, 0.1) is 5.92 Å². The summed E-state index contributed by atoms with van der Waals surface area (Å²) in [6.07, 6.45) is -4.49. The van der Waals surface area contributed by atoms with Gasteiger partial charge >= 0.3 is 6.18 Å². The Bertz CT molecular complexity index is 1180. The van der Waals surface area contributed by atoms with Gasteiger partial charge < -0.3 is 30.4 Å². The fourth-order valence-electron chi connectivity index (χ4n) is 3.95. The number of aryl methyl sites for hydroxylation is 1. The second-order valence-corrected chi connectivity index (χ2v) is 8.48. The van der Waals surface area contributed by atoms with Gasteiger partial charge in [0.15, 0.2) is 5.58 Å². The van der Waals surface area contributed by atoms with Crippen LogP contribution >= 0.6 is 11.6 Å². The molecule has 5 N–H and O–H groups in total. The van der Waals surface area contributed by atoms with Crippen LogP contribution in [0.4, 0.5) is 24.9 Å². The Morgan fingerprint density at radius 2 is 1.97 bits per heavy atom. The van der Waals surface area contributed by atoms with Gasteiger partial charge in [-0.15, -0.1) is 0 Å². The summed E-state index contributed by atoms with van der Waals surface area (Å²) in [5.74, 6) is -0.721. The molecule has 0 aliphatic heterocycles. The molecule has 1 fully saturated rings. The summed E-state index contributed by atoms with van der Waals surface area (Å²) in [6.45, 7) is 0.230. The first kappa shape index (κ1) is 24.5. The topological polar surface area (TPSA) is 137 Å². The summed E-state index contributed by atoms with van der Waals surface area (Å²) < 4.78 is 44.0. The number of aromatic nitrogens is 3. The Morgan fingerprint density at radius 3 is 2.62 bits per heavy atom. The van der Waals surface area contributed by atoms with E-state index < -0.39 is 36.9 Å². The zero-order valence-corrected chi connectivity index (χ0v) is 18.7. The van der Waals surface area contributed by atoms with Crippen LogP contribution in [0.1, 0.15) is 19.0 Å². The highest BCUT2D eigenvalue weighted by atomic mass is 35.5. The van der Waals surface area contributed by atoms with Crippen LogP contribution in [0.2, 0.25) is 5.15 Å². The Hall–Kier alpha value is -2.67. The fraction of sp³-hybridized carbons (Fsp3) is 0.476. The normalized spacial score (nSPS) is 22.9. The number of rotatable bonds is 7. The monoisotopic (exact) mass is 501 g/mol. The number of hydrogen-bond acceptors (Lipinski definition) is 9. The van der Waals surface area contributed by atoms with Crippen molar-refractivity contribution < 1.29 is 32.9 Å². The standard InChI is InChI=1S/C21H23ClF3N5O4/c1-2-11-3-9-5-13(34-14(9)6-26-11)15-18(22)29-20(27-8-21(23,24)25)30-19(15)28-12-4-10(7-31)16(32)17(12)33/h3,5-6,10,12,16-17,31-33H,2,4,7-8H2,1H3,(H2,27,28,29,30). The molecule has 0 bridgehead atoms. The summed E-state index contributed by atoms with van der Waals surface area (Å²) in [5.41, 5.74) is 1.47. The number of aliphatic hydroxyl groups is 3. The van der Waals surface area contributed by atoms with Gasteiger partial charge in [-0.2, -0.15) is 18.2 Å². The fourth-order valence-corrected chi connectivity index (χ4v) is 4.21. The highest BCUT2D eigenvalue weighted by Crippen LogP contribution is 2.39.